The monoisotopic (exact) mass is 280 g/mol. The molecule has 20 heavy (non-hydrogen) atoms. The first kappa shape index (κ1) is 16.5. The number of likely N-dealkylation sites (N-methyl/N-ethyl adjacent to an activating group) is 1. The molecule has 0 saturated heterocycles. The molecule has 1 amide bonds. The lowest BCUT2D eigenvalue weighted by atomic mass is 10.1. The zero-order valence-electron chi connectivity index (χ0n) is 12.4. The van der Waals surface area contributed by atoms with E-state index < -0.39 is 6.10 Å². The lowest BCUT2D eigenvalue weighted by Crippen LogP contribution is -2.29. The fourth-order valence-corrected chi connectivity index (χ4v) is 1.95. The van der Waals surface area contributed by atoms with Gasteiger partial charge in [-0.05, 0) is 37.7 Å². The highest BCUT2D eigenvalue weighted by Gasteiger charge is 2.11. The summed E-state index contributed by atoms with van der Waals surface area (Å²) >= 11 is 0. The summed E-state index contributed by atoms with van der Waals surface area (Å²) in [5.74, 6) is 0.735. The molecule has 1 aromatic carbocycles. The van der Waals surface area contributed by atoms with Crippen LogP contribution < -0.4 is 10.1 Å². The van der Waals surface area contributed by atoms with E-state index in [1.165, 1.54) is 6.92 Å². The number of amides is 1. The lowest BCUT2D eigenvalue weighted by molar-refractivity contribution is -0.118. The average Bonchev–Trinajstić information content (AvgIpc) is 2.43. The van der Waals surface area contributed by atoms with Crippen LogP contribution in [0.1, 0.15) is 25.0 Å². The van der Waals surface area contributed by atoms with Gasteiger partial charge in [0.05, 0.1) is 13.2 Å². The summed E-state index contributed by atoms with van der Waals surface area (Å²) in [6.07, 6.45) is 0.317. The third kappa shape index (κ3) is 6.04. The SMILES string of the molecule is COc1cccc(C(O)CN(C)CCCNC(C)=O)c1. The highest BCUT2D eigenvalue weighted by molar-refractivity contribution is 5.72. The number of hydrogen-bond acceptors (Lipinski definition) is 4. The van der Waals surface area contributed by atoms with Crippen molar-refractivity contribution in [3.05, 3.63) is 29.8 Å². The van der Waals surface area contributed by atoms with Crippen molar-refractivity contribution in [3.63, 3.8) is 0 Å². The standard InChI is InChI=1S/C15H24N2O3/c1-12(18)16-8-5-9-17(2)11-15(19)13-6-4-7-14(10-13)20-3/h4,6-7,10,15,19H,5,8-9,11H2,1-3H3,(H,16,18). The van der Waals surface area contributed by atoms with Crippen LogP contribution in [0.15, 0.2) is 24.3 Å². The molecule has 0 fully saturated rings. The first-order valence-electron chi connectivity index (χ1n) is 6.78. The van der Waals surface area contributed by atoms with Crippen molar-refractivity contribution in [2.45, 2.75) is 19.4 Å². The molecule has 1 unspecified atom stereocenters. The number of nitrogens with one attached hydrogen (secondary N) is 1. The molecule has 5 nitrogen and oxygen atoms in total. The van der Waals surface area contributed by atoms with Crippen LogP contribution in [0.2, 0.25) is 0 Å². The maximum Gasteiger partial charge on any atom is 0.216 e. The van der Waals surface area contributed by atoms with Gasteiger partial charge in [0.25, 0.3) is 0 Å². The fourth-order valence-electron chi connectivity index (χ4n) is 1.95. The van der Waals surface area contributed by atoms with Gasteiger partial charge in [-0.3, -0.25) is 4.79 Å². The molecule has 0 aromatic heterocycles. The Balaban J connectivity index is 2.36. The molecule has 0 aliphatic carbocycles. The van der Waals surface area contributed by atoms with Gasteiger partial charge in [-0.15, -0.1) is 0 Å². The van der Waals surface area contributed by atoms with Crippen LogP contribution in [-0.4, -0.2) is 49.7 Å². The second kappa shape index (κ2) is 8.55. The summed E-state index contributed by atoms with van der Waals surface area (Å²) < 4.78 is 5.15. The second-order valence-electron chi connectivity index (χ2n) is 4.89. The van der Waals surface area contributed by atoms with Crippen LogP contribution in [0, 0.1) is 0 Å². The maximum atomic E-state index is 10.7. The van der Waals surface area contributed by atoms with Gasteiger partial charge in [0.15, 0.2) is 0 Å². The van der Waals surface area contributed by atoms with E-state index >= 15 is 0 Å². The summed E-state index contributed by atoms with van der Waals surface area (Å²) in [6, 6.07) is 7.45. The first-order valence-corrected chi connectivity index (χ1v) is 6.78. The van der Waals surface area contributed by atoms with Gasteiger partial charge >= 0.3 is 0 Å². The molecule has 112 valence electrons. The summed E-state index contributed by atoms with van der Waals surface area (Å²) in [4.78, 5) is 12.8. The Hall–Kier alpha value is -1.59. The normalized spacial score (nSPS) is 12.2. The second-order valence-corrected chi connectivity index (χ2v) is 4.89. The minimum Gasteiger partial charge on any atom is -0.497 e. The van der Waals surface area contributed by atoms with Crippen molar-refractivity contribution in [1.82, 2.24) is 10.2 Å². The minimum absolute atomic E-state index is 0.0101. The Morgan fingerprint density at radius 3 is 2.90 bits per heavy atom. The number of aliphatic hydroxyl groups is 1. The molecule has 1 atom stereocenters. The first-order chi connectivity index (χ1) is 9.52. The molecule has 0 spiro atoms. The highest BCUT2D eigenvalue weighted by atomic mass is 16.5. The molecule has 0 aliphatic rings. The van der Waals surface area contributed by atoms with E-state index in [-0.39, 0.29) is 5.91 Å². The number of carbonyl (C=O) groups is 1. The molecule has 0 aliphatic heterocycles. The van der Waals surface area contributed by atoms with Crippen molar-refractivity contribution < 1.29 is 14.6 Å². The Kier molecular flexibility index (Phi) is 7.04. The van der Waals surface area contributed by atoms with Crippen LogP contribution in [0.3, 0.4) is 0 Å². The van der Waals surface area contributed by atoms with E-state index in [9.17, 15) is 9.90 Å². The molecule has 1 rings (SSSR count). The number of aliphatic hydroxyl groups excluding tert-OH is 1. The third-order valence-corrected chi connectivity index (χ3v) is 3.05. The summed E-state index contributed by atoms with van der Waals surface area (Å²) in [5, 5.41) is 12.9. The van der Waals surface area contributed by atoms with Gasteiger partial charge in [0.1, 0.15) is 5.75 Å². The van der Waals surface area contributed by atoms with E-state index in [1.54, 1.807) is 7.11 Å². The van der Waals surface area contributed by atoms with Crippen LogP contribution in [0.25, 0.3) is 0 Å². The zero-order valence-corrected chi connectivity index (χ0v) is 12.4. The average molecular weight is 280 g/mol. The number of benzene rings is 1. The number of nitrogens with zero attached hydrogens (tertiary/aromatic N) is 1. The largest absolute Gasteiger partial charge is 0.497 e. The Bertz CT molecular complexity index is 423. The summed E-state index contributed by atoms with van der Waals surface area (Å²) in [5.41, 5.74) is 0.845. The summed E-state index contributed by atoms with van der Waals surface area (Å²) in [7, 11) is 3.57. The zero-order chi connectivity index (χ0) is 15.0. The van der Waals surface area contributed by atoms with Gasteiger partial charge < -0.3 is 20.1 Å². The molecule has 2 N–H and O–H groups in total. The quantitative estimate of drug-likeness (QED) is 0.702. The van der Waals surface area contributed by atoms with Crippen molar-refractivity contribution in [2.24, 2.45) is 0 Å². The predicted octanol–water partition coefficient (Wildman–Crippen LogP) is 1.19. The van der Waals surface area contributed by atoms with Crippen molar-refractivity contribution >= 4 is 5.91 Å². The van der Waals surface area contributed by atoms with E-state index in [0.29, 0.717) is 13.1 Å². The Morgan fingerprint density at radius 2 is 2.25 bits per heavy atom. The summed E-state index contributed by atoms with van der Waals surface area (Å²) in [6.45, 7) is 3.54. The molecule has 1 aromatic rings. The molecule has 0 radical (unpaired) electrons. The highest BCUT2D eigenvalue weighted by Crippen LogP contribution is 2.19. The van der Waals surface area contributed by atoms with Gasteiger partial charge in [-0.1, -0.05) is 12.1 Å². The molecular formula is C15H24N2O3. The Morgan fingerprint density at radius 1 is 1.50 bits per heavy atom. The van der Waals surface area contributed by atoms with E-state index in [4.69, 9.17) is 4.74 Å². The molecular weight excluding hydrogens is 256 g/mol. The van der Waals surface area contributed by atoms with Crippen molar-refractivity contribution in [2.75, 3.05) is 33.8 Å². The number of ether oxygens (including phenoxy) is 1. The van der Waals surface area contributed by atoms with Crippen molar-refractivity contribution in [1.29, 1.82) is 0 Å². The van der Waals surface area contributed by atoms with Crippen LogP contribution in [0.5, 0.6) is 5.75 Å². The lowest BCUT2D eigenvalue weighted by Gasteiger charge is -2.21. The van der Waals surface area contributed by atoms with Gasteiger partial charge in [-0.25, -0.2) is 0 Å². The van der Waals surface area contributed by atoms with E-state index in [2.05, 4.69) is 5.32 Å². The maximum absolute atomic E-state index is 10.7. The van der Waals surface area contributed by atoms with Gasteiger partial charge in [0, 0.05) is 20.0 Å². The molecule has 0 heterocycles. The van der Waals surface area contributed by atoms with Crippen LogP contribution >= 0.6 is 0 Å². The molecule has 5 heteroatoms. The number of hydrogen-bond donors (Lipinski definition) is 2. The topological polar surface area (TPSA) is 61.8 Å². The van der Waals surface area contributed by atoms with Crippen LogP contribution in [0.4, 0.5) is 0 Å². The van der Waals surface area contributed by atoms with Gasteiger partial charge in [0.2, 0.25) is 5.91 Å². The predicted molar refractivity (Wildman–Crippen MR) is 78.8 cm³/mol. The Labute approximate surface area is 120 Å². The minimum atomic E-state index is -0.545. The van der Waals surface area contributed by atoms with Gasteiger partial charge in [-0.2, -0.15) is 0 Å². The number of carbonyl (C=O) groups excluding carboxylic acids is 1. The molecule has 0 saturated carbocycles. The molecule has 0 bridgehead atoms. The van der Waals surface area contributed by atoms with Crippen molar-refractivity contribution in [3.8, 4) is 5.75 Å². The van der Waals surface area contributed by atoms with E-state index in [1.807, 2.05) is 36.2 Å². The smallest absolute Gasteiger partial charge is 0.216 e. The number of methoxy groups -OCH3 is 1. The third-order valence-electron chi connectivity index (χ3n) is 3.05. The number of rotatable bonds is 8. The van der Waals surface area contributed by atoms with E-state index in [0.717, 1.165) is 24.3 Å². The fraction of sp³-hybridized carbons (Fsp3) is 0.533. The van der Waals surface area contributed by atoms with Crippen LogP contribution in [-0.2, 0) is 4.79 Å².